The van der Waals surface area contributed by atoms with Crippen LogP contribution in [-0.2, 0) is 9.53 Å². The Kier molecular flexibility index (Phi) is 3.59. The van der Waals surface area contributed by atoms with Gasteiger partial charge in [0.2, 0.25) is 0 Å². The van der Waals surface area contributed by atoms with Gasteiger partial charge >= 0.3 is 5.97 Å². The van der Waals surface area contributed by atoms with Crippen molar-refractivity contribution in [2.45, 2.75) is 19.0 Å². The van der Waals surface area contributed by atoms with Gasteiger partial charge in [0.25, 0.3) is 0 Å². The van der Waals surface area contributed by atoms with Crippen LogP contribution >= 0.6 is 11.6 Å². The van der Waals surface area contributed by atoms with E-state index in [0.717, 1.165) is 18.5 Å². The number of carbonyl (C=O) groups is 1. The zero-order chi connectivity index (χ0) is 15.0. The number of nitrogens with zero attached hydrogens (tertiary/aromatic N) is 2. The largest absolute Gasteiger partial charge is 0.464 e. The molecule has 0 spiro atoms. The number of aliphatic imine (C=N–C) groups is 1. The van der Waals surface area contributed by atoms with Crippen molar-refractivity contribution in [3.8, 4) is 0 Å². The van der Waals surface area contributed by atoms with Gasteiger partial charge in [0.15, 0.2) is 5.71 Å². The predicted molar refractivity (Wildman–Crippen MR) is 82.0 cm³/mol. The van der Waals surface area contributed by atoms with Crippen LogP contribution in [0.25, 0.3) is 0 Å². The molecule has 2 N–H and O–H groups in total. The Balaban J connectivity index is 2.05. The van der Waals surface area contributed by atoms with Crippen LogP contribution in [0.4, 0.5) is 5.69 Å². The van der Waals surface area contributed by atoms with E-state index in [-0.39, 0.29) is 16.9 Å². The summed E-state index contributed by atoms with van der Waals surface area (Å²) in [5.41, 5.74) is 7.20. The van der Waals surface area contributed by atoms with Crippen LogP contribution in [0.3, 0.4) is 0 Å². The zero-order valence-corrected chi connectivity index (χ0v) is 12.4. The van der Waals surface area contributed by atoms with E-state index in [9.17, 15) is 4.79 Å². The van der Waals surface area contributed by atoms with E-state index < -0.39 is 5.97 Å². The Morgan fingerprint density at radius 2 is 2.05 bits per heavy atom. The normalized spacial score (nSPS) is 22.1. The lowest BCUT2D eigenvalue weighted by molar-refractivity contribution is -0.132. The highest BCUT2D eigenvalue weighted by Crippen LogP contribution is 2.41. The van der Waals surface area contributed by atoms with E-state index in [1.54, 1.807) is 0 Å². The summed E-state index contributed by atoms with van der Waals surface area (Å²) < 4.78 is 4.74. The van der Waals surface area contributed by atoms with Crippen LogP contribution in [0.5, 0.6) is 0 Å². The van der Waals surface area contributed by atoms with Gasteiger partial charge in [0.1, 0.15) is 17.0 Å². The van der Waals surface area contributed by atoms with Gasteiger partial charge in [-0.25, -0.2) is 4.79 Å². The number of methoxy groups -OCH3 is 1. The van der Waals surface area contributed by atoms with Crippen molar-refractivity contribution >= 4 is 29.0 Å². The smallest absolute Gasteiger partial charge is 0.357 e. The van der Waals surface area contributed by atoms with E-state index in [4.69, 9.17) is 22.1 Å². The molecule has 6 heteroatoms. The molecule has 0 aromatic heterocycles. The lowest BCUT2D eigenvalue weighted by Crippen LogP contribution is -2.44. The molecule has 110 valence electrons. The Labute approximate surface area is 128 Å². The fourth-order valence-corrected chi connectivity index (χ4v) is 2.66. The molecule has 21 heavy (non-hydrogen) atoms. The standard InChI is InChI=1S/C15H16ClN3O2/c1-21-15(20)12-11(16)13(17)19(10-5-3-2-4-6-10)14(18-12)9-7-8-9/h2-6,9,14H,7-8,17H2,1H3. The summed E-state index contributed by atoms with van der Waals surface area (Å²) in [4.78, 5) is 18.2. The van der Waals surface area contributed by atoms with Gasteiger partial charge < -0.3 is 15.4 Å². The molecule has 1 heterocycles. The Morgan fingerprint density at radius 3 is 2.62 bits per heavy atom. The number of rotatable bonds is 3. The maximum atomic E-state index is 11.8. The van der Waals surface area contributed by atoms with E-state index in [1.165, 1.54) is 7.11 Å². The van der Waals surface area contributed by atoms with E-state index in [0.29, 0.717) is 11.7 Å². The molecular formula is C15H16ClN3O2. The molecule has 0 saturated heterocycles. The summed E-state index contributed by atoms with van der Waals surface area (Å²) in [6.45, 7) is 0. The summed E-state index contributed by atoms with van der Waals surface area (Å²) in [6.07, 6.45) is 1.93. The first-order chi connectivity index (χ1) is 10.1. The third kappa shape index (κ3) is 2.49. The highest BCUT2D eigenvalue weighted by atomic mass is 35.5. The minimum absolute atomic E-state index is 0.112. The van der Waals surface area contributed by atoms with Crippen molar-refractivity contribution in [3.05, 3.63) is 41.2 Å². The SMILES string of the molecule is COC(=O)C1=NC(C2CC2)N(c2ccccc2)C(N)=C1Cl. The molecule has 2 aliphatic rings. The fourth-order valence-electron chi connectivity index (χ4n) is 2.45. The third-order valence-corrected chi connectivity index (χ3v) is 4.05. The Hall–Kier alpha value is -2.01. The molecule has 0 bridgehead atoms. The highest BCUT2D eigenvalue weighted by molar-refractivity contribution is 6.58. The molecule has 1 saturated carbocycles. The second-order valence-corrected chi connectivity index (χ2v) is 5.50. The number of nitrogens with two attached hydrogens (primary N) is 1. The van der Waals surface area contributed by atoms with E-state index in [1.807, 2.05) is 35.2 Å². The molecule has 0 amide bonds. The van der Waals surface area contributed by atoms with Crippen LogP contribution in [-0.4, -0.2) is 25.0 Å². The van der Waals surface area contributed by atoms with Crippen molar-refractivity contribution in [1.82, 2.24) is 0 Å². The van der Waals surface area contributed by atoms with Gasteiger partial charge in [-0.2, -0.15) is 0 Å². The lowest BCUT2D eigenvalue weighted by atomic mass is 10.1. The molecule has 1 aromatic rings. The third-order valence-electron chi connectivity index (χ3n) is 3.67. The number of hydrogen-bond donors (Lipinski definition) is 1. The van der Waals surface area contributed by atoms with Gasteiger partial charge in [-0.05, 0) is 25.0 Å². The minimum atomic E-state index is -0.554. The Bertz CT molecular complexity index is 623. The monoisotopic (exact) mass is 305 g/mol. The molecule has 1 aliphatic heterocycles. The highest BCUT2D eigenvalue weighted by Gasteiger charge is 2.41. The molecule has 1 aliphatic carbocycles. The second kappa shape index (κ2) is 5.41. The van der Waals surface area contributed by atoms with Crippen molar-refractivity contribution in [2.75, 3.05) is 12.0 Å². The summed E-state index contributed by atoms with van der Waals surface area (Å²) in [5.74, 6) is 0.171. The van der Waals surface area contributed by atoms with Crippen LogP contribution in [0.2, 0.25) is 0 Å². The first kappa shape index (κ1) is 13.9. The molecule has 1 fully saturated rings. The van der Waals surface area contributed by atoms with Gasteiger partial charge in [0, 0.05) is 11.6 Å². The summed E-state index contributed by atoms with van der Waals surface area (Å²) in [5, 5.41) is 0.141. The summed E-state index contributed by atoms with van der Waals surface area (Å²) in [6, 6.07) is 9.69. The average Bonchev–Trinajstić information content (AvgIpc) is 3.34. The molecule has 0 radical (unpaired) electrons. The van der Waals surface area contributed by atoms with Gasteiger partial charge in [-0.1, -0.05) is 29.8 Å². The lowest BCUT2D eigenvalue weighted by Gasteiger charge is -2.35. The molecule has 5 nitrogen and oxygen atoms in total. The number of ether oxygens (including phenoxy) is 1. The topological polar surface area (TPSA) is 67.9 Å². The summed E-state index contributed by atoms with van der Waals surface area (Å²) in [7, 11) is 1.31. The minimum Gasteiger partial charge on any atom is -0.464 e. The summed E-state index contributed by atoms with van der Waals surface area (Å²) >= 11 is 6.22. The quantitative estimate of drug-likeness (QED) is 0.870. The van der Waals surface area contributed by atoms with E-state index >= 15 is 0 Å². The maximum Gasteiger partial charge on any atom is 0.357 e. The van der Waals surface area contributed by atoms with Gasteiger partial charge in [0.05, 0.1) is 7.11 Å². The number of para-hydroxylation sites is 1. The molecule has 1 aromatic carbocycles. The maximum absolute atomic E-state index is 11.8. The number of benzene rings is 1. The molecule has 3 rings (SSSR count). The van der Waals surface area contributed by atoms with Crippen LogP contribution in [0.1, 0.15) is 12.8 Å². The van der Waals surface area contributed by atoms with Crippen molar-refractivity contribution < 1.29 is 9.53 Å². The predicted octanol–water partition coefficient (Wildman–Crippen LogP) is 2.22. The van der Waals surface area contributed by atoms with Crippen LogP contribution in [0.15, 0.2) is 46.2 Å². The van der Waals surface area contributed by atoms with Crippen molar-refractivity contribution in [1.29, 1.82) is 0 Å². The zero-order valence-electron chi connectivity index (χ0n) is 11.6. The van der Waals surface area contributed by atoms with E-state index in [2.05, 4.69) is 4.99 Å². The molecule has 1 unspecified atom stereocenters. The Morgan fingerprint density at radius 1 is 1.38 bits per heavy atom. The van der Waals surface area contributed by atoms with Gasteiger partial charge in [-0.15, -0.1) is 0 Å². The number of carbonyl (C=O) groups excluding carboxylic acids is 1. The molecule has 1 atom stereocenters. The number of halogens is 1. The first-order valence-corrected chi connectivity index (χ1v) is 7.17. The van der Waals surface area contributed by atoms with Gasteiger partial charge in [-0.3, -0.25) is 4.99 Å². The first-order valence-electron chi connectivity index (χ1n) is 6.79. The number of esters is 1. The second-order valence-electron chi connectivity index (χ2n) is 5.13. The van der Waals surface area contributed by atoms with Crippen LogP contribution < -0.4 is 10.6 Å². The average molecular weight is 306 g/mol. The molecular weight excluding hydrogens is 290 g/mol. The number of hydrogen-bond acceptors (Lipinski definition) is 5. The fraction of sp³-hybridized carbons (Fsp3) is 0.333. The van der Waals surface area contributed by atoms with Crippen LogP contribution in [0, 0.1) is 5.92 Å². The van der Waals surface area contributed by atoms with Crippen molar-refractivity contribution in [2.24, 2.45) is 16.6 Å². The number of anilines is 1. The van der Waals surface area contributed by atoms with Crippen molar-refractivity contribution in [3.63, 3.8) is 0 Å².